The molecule has 0 atom stereocenters. The largest absolute Gasteiger partial charge is 0.456 e. The van der Waals surface area contributed by atoms with Gasteiger partial charge in [-0.25, -0.2) is 23.0 Å². The summed E-state index contributed by atoms with van der Waals surface area (Å²) in [5.74, 6) is -0.664. The molecule has 8 nitrogen and oxygen atoms in total. The fraction of sp³-hybridized carbons (Fsp3) is 0.105. The summed E-state index contributed by atoms with van der Waals surface area (Å²) in [4.78, 5) is 12.2. The molecule has 0 saturated carbocycles. The van der Waals surface area contributed by atoms with Gasteiger partial charge in [0.05, 0.1) is 27.5 Å². The Bertz CT molecular complexity index is 1160. The molecule has 9 heteroatoms. The minimum atomic E-state index is -3.84. The van der Waals surface area contributed by atoms with E-state index in [1.807, 2.05) is 30.3 Å². The van der Waals surface area contributed by atoms with Crippen molar-refractivity contribution >= 4 is 16.0 Å². The summed E-state index contributed by atoms with van der Waals surface area (Å²) in [7, 11) is -3.84. The van der Waals surface area contributed by atoms with Crippen LogP contribution in [0, 0.1) is 18.3 Å². The summed E-state index contributed by atoms with van der Waals surface area (Å²) in [6, 6.07) is 16.3. The minimum Gasteiger partial charge on any atom is -0.456 e. The molecule has 3 rings (SSSR count). The number of aromatic nitrogens is 2. The Morgan fingerprint density at radius 2 is 1.82 bits per heavy atom. The van der Waals surface area contributed by atoms with Crippen molar-refractivity contribution in [2.75, 3.05) is 0 Å². The van der Waals surface area contributed by atoms with Crippen LogP contribution in [-0.2, 0) is 21.4 Å². The van der Waals surface area contributed by atoms with Gasteiger partial charge >= 0.3 is 5.97 Å². The van der Waals surface area contributed by atoms with Crippen molar-refractivity contribution in [2.24, 2.45) is 5.14 Å². The SMILES string of the molecule is Cc1nn(-c2ccccc2)c(COC(=O)c2ccc(S(N)(=O)=O)cc2)c1C#N. The maximum Gasteiger partial charge on any atom is 0.338 e. The Labute approximate surface area is 161 Å². The topological polar surface area (TPSA) is 128 Å². The number of esters is 1. The van der Waals surface area contributed by atoms with Gasteiger partial charge in [0.15, 0.2) is 0 Å². The molecule has 0 bridgehead atoms. The van der Waals surface area contributed by atoms with Crippen molar-refractivity contribution in [3.63, 3.8) is 0 Å². The Balaban J connectivity index is 1.85. The van der Waals surface area contributed by atoms with E-state index in [4.69, 9.17) is 9.88 Å². The number of carbonyl (C=O) groups is 1. The number of sulfonamides is 1. The molecule has 0 aliphatic heterocycles. The van der Waals surface area contributed by atoms with Gasteiger partial charge < -0.3 is 4.74 Å². The molecule has 28 heavy (non-hydrogen) atoms. The van der Waals surface area contributed by atoms with Crippen molar-refractivity contribution in [2.45, 2.75) is 18.4 Å². The van der Waals surface area contributed by atoms with E-state index < -0.39 is 16.0 Å². The number of primary sulfonamides is 1. The van der Waals surface area contributed by atoms with E-state index in [1.165, 1.54) is 24.3 Å². The second-order valence-electron chi connectivity index (χ2n) is 5.91. The highest BCUT2D eigenvalue weighted by molar-refractivity contribution is 7.89. The Morgan fingerprint density at radius 1 is 1.18 bits per heavy atom. The molecule has 3 aromatic rings. The molecule has 0 amide bonds. The standard InChI is InChI=1S/C19H16N4O4S/c1-13-17(11-20)18(23(22-13)15-5-3-2-4-6-15)12-27-19(24)14-7-9-16(10-8-14)28(21,25)26/h2-10H,12H2,1H3,(H2,21,25,26). The molecule has 0 radical (unpaired) electrons. The zero-order valence-electron chi connectivity index (χ0n) is 14.9. The summed E-state index contributed by atoms with van der Waals surface area (Å²) in [5.41, 5.74) is 2.20. The molecule has 0 unspecified atom stereocenters. The molecule has 0 fully saturated rings. The zero-order valence-corrected chi connectivity index (χ0v) is 15.7. The lowest BCUT2D eigenvalue weighted by molar-refractivity contribution is 0.0464. The summed E-state index contributed by atoms with van der Waals surface area (Å²) >= 11 is 0. The third-order valence-electron chi connectivity index (χ3n) is 4.03. The zero-order chi connectivity index (χ0) is 20.3. The van der Waals surface area contributed by atoms with Crippen LogP contribution in [0.2, 0.25) is 0 Å². The number of carbonyl (C=O) groups excluding carboxylic acids is 1. The third kappa shape index (κ3) is 3.93. The molecule has 1 heterocycles. The van der Waals surface area contributed by atoms with Crippen molar-refractivity contribution in [3.05, 3.63) is 77.1 Å². The van der Waals surface area contributed by atoms with Gasteiger partial charge in [0.1, 0.15) is 18.2 Å². The first-order chi connectivity index (χ1) is 13.3. The Kier molecular flexibility index (Phi) is 5.26. The van der Waals surface area contributed by atoms with E-state index in [9.17, 15) is 18.5 Å². The number of aryl methyl sites for hydroxylation is 1. The molecule has 2 N–H and O–H groups in total. The number of hydrogen-bond donors (Lipinski definition) is 1. The van der Waals surface area contributed by atoms with Crippen LogP contribution in [-0.4, -0.2) is 24.2 Å². The summed E-state index contributed by atoms with van der Waals surface area (Å²) in [6.45, 7) is 1.53. The number of ether oxygens (including phenoxy) is 1. The maximum absolute atomic E-state index is 12.3. The molecule has 0 spiro atoms. The molecule has 0 aliphatic carbocycles. The van der Waals surface area contributed by atoms with Crippen molar-refractivity contribution in [1.82, 2.24) is 9.78 Å². The van der Waals surface area contributed by atoms with Crippen LogP contribution < -0.4 is 5.14 Å². The predicted molar refractivity (Wildman–Crippen MR) is 100.0 cm³/mol. The summed E-state index contributed by atoms with van der Waals surface area (Å²) in [5, 5.41) is 18.8. The highest BCUT2D eigenvalue weighted by atomic mass is 32.2. The lowest BCUT2D eigenvalue weighted by Crippen LogP contribution is -2.13. The van der Waals surface area contributed by atoms with Gasteiger partial charge in [0.25, 0.3) is 0 Å². The second-order valence-corrected chi connectivity index (χ2v) is 7.47. The van der Waals surface area contributed by atoms with E-state index in [1.54, 1.807) is 11.6 Å². The van der Waals surface area contributed by atoms with Gasteiger partial charge in [-0.05, 0) is 43.3 Å². The normalized spacial score (nSPS) is 11.0. The van der Waals surface area contributed by atoms with E-state index in [2.05, 4.69) is 11.2 Å². The highest BCUT2D eigenvalue weighted by Crippen LogP contribution is 2.19. The van der Waals surface area contributed by atoms with Crippen LogP contribution in [0.4, 0.5) is 0 Å². The lowest BCUT2D eigenvalue weighted by atomic mass is 10.2. The summed E-state index contributed by atoms with van der Waals surface area (Å²) in [6.07, 6.45) is 0. The summed E-state index contributed by atoms with van der Waals surface area (Å²) < 4.78 is 29.5. The van der Waals surface area contributed by atoms with E-state index in [0.29, 0.717) is 17.0 Å². The molecular formula is C19H16N4O4S. The number of nitrogens with two attached hydrogens (primary N) is 1. The van der Waals surface area contributed by atoms with Gasteiger partial charge in [-0.2, -0.15) is 10.4 Å². The maximum atomic E-state index is 12.3. The lowest BCUT2D eigenvalue weighted by Gasteiger charge is -2.09. The first-order valence-corrected chi connectivity index (χ1v) is 9.70. The molecule has 0 saturated heterocycles. The smallest absolute Gasteiger partial charge is 0.338 e. The molecule has 2 aromatic carbocycles. The molecule has 142 valence electrons. The first kappa shape index (κ1) is 19.3. The van der Waals surface area contributed by atoms with Crippen LogP contribution in [0.1, 0.15) is 27.3 Å². The average molecular weight is 396 g/mol. The molecular weight excluding hydrogens is 380 g/mol. The highest BCUT2D eigenvalue weighted by Gasteiger charge is 2.19. The monoisotopic (exact) mass is 396 g/mol. The fourth-order valence-corrected chi connectivity index (χ4v) is 3.15. The van der Waals surface area contributed by atoms with Crippen molar-refractivity contribution in [3.8, 4) is 11.8 Å². The Morgan fingerprint density at radius 3 is 2.39 bits per heavy atom. The molecule has 1 aromatic heterocycles. The number of nitrogens with zero attached hydrogens (tertiary/aromatic N) is 3. The van der Waals surface area contributed by atoms with Crippen molar-refractivity contribution < 1.29 is 17.9 Å². The van der Waals surface area contributed by atoms with Crippen LogP contribution >= 0.6 is 0 Å². The van der Waals surface area contributed by atoms with Gasteiger partial charge in [-0.15, -0.1) is 0 Å². The quantitative estimate of drug-likeness (QED) is 0.657. The second kappa shape index (κ2) is 7.64. The van der Waals surface area contributed by atoms with Crippen LogP contribution in [0.15, 0.2) is 59.5 Å². The van der Waals surface area contributed by atoms with Gasteiger partial charge in [-0.3, -0.25) is 0 Å². The van der Waals surface area contributed by atoms with Crippen LogP contribution in [0.25, 0.3) is 5.69 Å². The van der Waals surface area contributed by atoms with Gasteiger partial charge in [0, 0.05) is 0 Å². The number of hydrogen-bond acceptors (Lipinski definition) is 6. The molecule has 0 aliphatic rings. The third-order valence-corrected chi connectivity index (χ3v) is 4.96. The van der Waals surface area contributed by atoms with E-state index in [-0.39, 0.29) is 17.1 Å². The van der Waals surface area contributed by atoms with Crippen molar-refractivity contribution in [1.29, 1.82) is 5.26 Å². The van der Waals surface area contributed by atoms with Gasteiger partial charge in [0.2, 0.25) is 10.0 Å². The van der Waals surface area contributed by atoms with E-state index >= 15 is 0 Å². The first-order valence-electron chi connectivity index (χ1n) is 8.15. The van der Waals surface area contributed by atoms with Crippen LogP contribution in [0.5, 0.6) is 0 Å². The minimum absolute atomic E-state index is 0.103. The number of rotatable bonds is 5. The van der Waals surface area contributed by atoms with E-state index in [0.717, 1.165) is 5.69 Å². The predicted octanol–water partition coefficient (Wildman–Crippen LogP) is 2.06. The van der Waals surface area contributed by atoms with Crippen LogP contribution in [0.3, 0.4) is 0 Å². The Hall–Kier alpha value is -3.48. The number of nitriles is 1. The fourth-order valence-electron chi connectivity index (χ4n) is 2.63. The number of benzene rings is 2. The number of para-hydroxylation sites is 1. The average Bonchev–Trinajstić information content (AvgIpc) is 3.01. The van der Waals surface area contributed by atoms with Gasteiger partial charge in [-0.1, -0.05) is 18.2 Å².